The van der Waals surface area contributed by atoms with Gasteiger partial charge < -0.3 is 14.9 Å². The Morgan fingerprint density at radius 1 is 1.47 bits per heavy atom. The van der Waals surface area contributed by atoms with Crippen LogP contribution in [0.25, 0.3) is 4.98 Å². The zero-order valence-corrected chi connectivity index (χ0v) is 9.79. The Balaban J connectivity index is 3.12. The van der Waals surface area contributed by atoms with Gasteiger partial charge in [0.2, 0.25) is 5.39 Å². The van der Waals surface area contributed by atoms with E-state index in [-0.39, 0.29) is 12.3 Å². The molecule has 0 amide bonds. The Labute approximate surface area is 99.6 Å². The van der Waals surface area contributed by atoms with Gasteiger partial charge in [-0.15, -0.1) is 0 Å². The van der Waals surface area contributed by atoms with E-state index in [0.717, 1.165) is 5.56 Å². The summed E-state index contributed by atoms with van der Waals surface area (Å²) in [5.41, 5.74) is 1.07. The number of benzene rings is 1. The Bertz CT molecular complexity index is 463. The second-order valence-corrected chi connectivity index (χ2v) is 3.48. The average molecular weight is 235 g/mol. The Morgan fingerprint density at radius 2 is 2.12 bits per heavy atom. The van der Waals surface area contributed by atoms with Crippen molar-refractivity contribution < 1.29 is 14.9 Å². The van der Waals surface area contributed by atoms with E-state index in [1.807, 2.05) is 19.1 Å². The van der Waals surface area contributed by atoms with E-state index in [2.05, 4.69) is 4.98 Å². The Hall–Kier alpha value is -2.06. The van der Waals surface area contributed by atoms with Crippen LogP contribution in [-0.2, 0) is 4.74 Å². The van der Waals surface area contributed by atoms with Gasteiger partial charge in [-0.3, -0.25) is 0 Å². The summed E-state index contributed by atoms with van der Waals surface area (Å²) in [4.78, 5) is 2.88. The molecule has 0 heterocycles. The molecule has 0 radical (unpaired) electrons. The van der Waals surface area contributed by atoms with E-state index in [1.165, 1.54) is 0 Å². The molecule has 0 fully saturated rings. The summed E-state index contributed by atoms with van der Waals surface area (Å²) in [6.07, 6.45) is -1.23. The minimum absolute atomic E-state index is 0.214. The van der Waals surface area contributed by atoms with Crippen LogP contribution >= 0.6 is 0 Å². The number of aryl methyl sites for hydroxylation is 1. The Morgan fingerprint density at radius 3 is 2.65 bits per heavy atom. The molecule has 0 saturated heterocycles. The quantitative estimate of drug-likeness (QED) is 0.621. The third-order valence-corrected chi connectivity index (χ3v) is 2.35. The maximum Gasteiger partial charge on any atom is 0.472 e. The number of rotatable bonds is 4. The molecule has 0 aliphatic carbocycles. The number of ether oxygens (including phenoxy) is 1. The lowest BCUT2D eigenvalue weighted by Gasteiger charge is -2.07. The van der Waals surface area contributed by atoms with Crippen LogP contribution in [0, 0.1) is 12.3 Å². The zero-order valence-electron chi connectivity index (χ0n) is 9.79. The number of aliphatic hydroxyl groups excluding tert-OH is 2. The lowest BCUT2D eigenvalue weighted by molar-refractivity contribution is 0.0873. The summed E-state index contributed by atoms with van der Waals surface area (Å²) in [5, 5.41) is 28.3. The van der Waals surface area contributed by atoms with Crippen molar-refractivity contribution in [3.63, 3.8) is 0 Å². The molecule has 2 N–H and O–H groups in total. The molecule has 1 aromatic carbocycles. The first kappa shape index (κ1) is 13.0. The lowest BCUT2D eigenvalue weighted by atomic mass is 10.0. The first-order valence-corrected chi connectivity index (χ1v) is 5.26. The number of nitrogens with zero attached hydrogens (tertiary/aromatic N) is 2. The van der Waals surface area contributed by atoms with Crippen molar-refractivity contribution in [2.45, 2.75) is 20.0 Å². The lowest BCUT2D eigenvalue weighted by Crippen LogP contribution is -2.06. The van der Waals surface area contributed by atoms with Crippen molar-refractivity contribution in [2.75, 3.05) is 6.61 Å². The molecule has 1 aromatic rings. The summed E-state index contributed by atoms with van der Waals surface area (Å²) in [7, 11) is 0. The predicted molar refractivity (Wildman–Crippen MR) is 62.5 cm³/mol. The molecule has 17 heavy (non-hydrogen) atoms. The number of hydrogen-bond acceptors (Lipinski definition) is 4. The molecule has 0 aliphatic heterocycles. The largest absolute Gasteiger partial charge is 0.475 e. The minimum Gasteiger partial charge on any atom is -0.475 e. The molecule has 0 aromatic heterocycles. The van der Waals surface area contributed by atoms with E-state index in [0.29, 0.717) is 5.56 Å². The highest BCUT2D eigenvalue weighted by Gasteiger charge is 2.32. The molecule has 0 spiro atoms. The van der Waals surface area contributed by atoms with Gasteiger partial charge in [0.1, 0.15) is 0 Å². The van der Waals surface area contributed by atoms with Crippen LogP contribution in [0.3, 0.4) is 0 Å². The van der Waals surface area contributed by atoms with Gasteiger partial charge in [-0.2, -0.15) is 0 Å². The van der Waals surface area contributed by atoms with Crippen molar-refractivity contribution in [1.82, 2.24) is 0 Å². The molecule has 5 heteroatoms. The SMILES string of the molecule is CCO/C(O)=C(\[N+]#N)C(O)c1ccccc1C. The predicted octanol–water partition coefficient (Wildman–Crippen LogP) is 2.65. The van der Waals surface area contributed by atoms with Crippen LogP contribution in [0.15, 0.2) is 35.9 Å². The molecule has 1 atom stereocenters. The topological polar surface area (TPSA) is 77.8 Å². The standard InChI is InChI=1S/C12H14N2O3/c1-3-17-12(16)10(14-13)11(15)9-7-5-4-6-8(9)2/h4-7,11,15H,3H2,1-2H3/p+1/b12-10-. The van der Waals surface area contributed by atoms with E-state index in [1.54, 1.807) is 19.1 Å². The summed E-state index contributed by atoms with van der Waals surface area (Å²) in [6.45, 7) is 3.70. The fourth-order valence-corrected chi connectivity index (χ4v) is 1.47. The summed E-state index contributed by atoms with van der Waals surface area (Å²) >= 11 is 0. The molecular weight excluding hydrogens is 220 g/mol. The van der Waals surface area contributed by atoms with Crippen molar-refractivity contribution in [2.24, 2.45) is 0 Å². The van der Waals surface area contributed by atoms with Crippen molar-refractivity contribution >= 4 is 0 Å². The van der Waals surface area contributed by atoms with Crippen molar-refractivity contribution in [1.29, 1.82) is 5.39 Å². The van der Waals surface area contributed by atoms with E-state index < -0.39 is 12.0 Å². The molecule has 0 saturated carbocycles. The third kappa shape index (κ3) is 2.95. The fraction of sp³-hybridized carbons (Fsp3) is 0.333. The van der Waals surface area contributed by atoms with Gasteiger partial charge in [-0.25, -0.2) is 0 Å². The second kappa shape index (κ2) is 5.87. The number of hydrogen-bond donors (Lipinski definition) is 2. The van der Waals surface area contributed by atoms with Crippen LogP contribution < -0.4 is 0 Å². The van der Waals surface area contributed by atoms with E-state index in [9.17, 15) is 10.2 Å². The Kier molecular flexibility index (Phi) is 4.49. The van der Waals surface area contributed by atoms with Crippen molar-refractivity contribution in [3.8, 4) is 0 Å². The molecule has 0 bridgehead atoms. The molecule has 1 rings (SSSR count). The fourth-order valence-electron chi connectivity index (χ4n) is 1.47. The van der Waals surface area contributed by atoms with Crippen LogP contribution in [0.2, 0.25) is 0 Å². The highest BCUT2D eigenvalue weighted by molar-refractivity contribution is 5.34. The van der Waals surface area contributed by atoms with Crippen LogP contribution in [0.1, 0.15) is 24.2 Å². The van der Waals surface area contributed by atoms with Crippen LogP contribution in [0.5, 0.6) is 0 Å². The first-order valence-electron chi connectivity index (χ1n) is 5.26. The number of aliphatic hydroxyl groups is 2. The van der Waals surface area contributed by atoms with Gasteiger partial charge in [0, 0.05) is 0 Å². The maximum absolute atomic E-state index is 10.0. The van der Waals surface area contributed by atoms with E-state index in [4.69, 9.17) is 10.1 Å². The van der Waals surface area contributed by atoms with Gasteiger partial charge in [0.05, 0.1) is 6.61 Å². The van der Waals surface area contributed by atoms with Gasteiger partial charge in [-0.1, -0.05) is 24.3 Å². The van der Waals surface area contributed by atoms with Gasteiger partial charge in [-0.05, 0) is 25.0 Å². The minimum atomic E-state index is -1.23. The molecule has 0 aliphatic rings. The summed E-state index contributed by atoms with van der Waals surface area (Å²) < 4.78 is 4.80. The van der Waals surface area contributed by atoms with Crippen LogP contribution in [0.4, 0.5) is 0 Å². The summed E-state index contributed by atoms with van der Waals surface area (Å²) in [5.74, 6) is -0.578. The molecule has 1 unspecified atom stereocenters. The normalized spacial score (nSPS) is 13.5. The average Bonchev–Trinajstić information content (AvgIpc) is 2.30. The smallest absolute Gasteiger partial charge is 0.472 e. The molecular formula is C12H15N2O3+. The van der Waals surface area contributed by atoms with Crippen molar-refractivity contribution in [3.05, 3.63) is 52.0 Å². The third-order valence-electron chi connectivity index (χ3n) is 2.35. The maximum atomic E-state index is 10.0. The highest BCUT2D eigenvalue weighted by Crippen LogP contribution is 2.27. The second-order valence-electron chi connectivity index (χ2n) is 3.48. The first-order chi connectivity index (χ1) is 8.11. The van der Waals surface area contributed by atoms with Gasteiger partial charge in [0.15, 0.2) is 11.1 Å². The highest BCUT2D eigenvalue weighted by atomic mass is 16.6. The monoisotopic (exact) mass is 235 g/mol. The van der Waals surface area contributed by atoms with E-state index >= 15 is 0 Å². The van der Waals surface area contributed by atoms with Gasteiger partial charge in [0.25, 0.3) is 0 Å². The van der Waals surface area contributed by atoms with Crippen LogP contribution in [-0.4, -0.2) is 16.8 Å². The molecule has 90 valence electrons. The zero-order chi connectivity index (χ0) is 12.8. The molecule has 5 nitrogen and oxygen atoms in total. The summed E-state index contributed by atoms with van der Waals surface area (Å²) in [6, 6.07) is 7.07. The van der Waals surface area contributed by atoms with Gasteiger partial charge >= 0.3 is 11.6 Å². The number of diazo groups is 1.